The molecule has 0 aromatic heterocycles. The highest BCUT2D eigenvalue weighted by molar-refractivity contribution is 6.00. The van der Waals surface area contributed by atoms with Crippen LogP contribution in [0.4, 0.5) is 0 Å². The third kappa shape index (κ3) is 5.62. The lowest BCUT2D eigenvalue weighted by Gasteiger charge is -2.13. The van der Waals surface area contributed by atoms with Crippen LogP contribution >= 0.6 is 0 Å². The zero-order valence-electron chi connectivity index (χ0n) is 16.1. The Bertz CT molecular complexity index is 809. The van der Waals surface area contributed by atoms with Crippen molar-refractivity contribution in [2.45, 2.75) is 6.92 Å². The summed E-state index contributed by atoms with van der Waals surface area (Å²) in [5.74, 6) is 0.320. The van der Waals surface area contributed by atoms with Crippen molar-refractivity contribution in [1.29, 1.82) is 0 Å². The second kappa shape index (κ2) is 10.8. The molecule has 0 spiro atoms. The minimum absolute atomic E-state index is 0.298. The molecule has 0 aliphatic rings. The molecular weight excluding hydrogens is 364 g/mol. The summed E-state index contributed by atoms with van der Waals surface area (Å²) in [6.07, 6.45) is 0. The molecule has 8 heteroatoms. The topological polar surface area (TPSA) is 95.1 Å². The van der Waals surface area contributed by atoms with E-state index in [2.05, 4.69) is 10.9 Å². The van der Waals surface area contributed by atoms with Crippen molar-refractivity contribution in [1.82, 2.24) is 10.9 Å². The molecule has 0 radical (unpaired) electrons. The fourth-order valence-corrected chi connectivity index (χ4v) is 2.37. The average Bonchev–Trinajstić information content (AvgIpc) is 2.74. The Hall–Kier alpha value is -3.26. The number of carbonyl (C=O) groups excluding carboxylic acids is 2. The zero-order chi connectivity index (χ0) is 20.4. The monoisotopic (exact) mass is 388 g/mol. The fourth-order valence-electron chi connectivity index (χ4n) is 2.37. The van der Waals surface area contributed by atoms with Crippen LogP contribution in [0, 0.1) is 0 Å². The van der Waals surface area contributed by atoms with Crippen LogP contribution in [0.25, 0.3) is 0 Å². The molecule has 0 heterocycles. The predicted molar refractivity (Wildman–Crippen MR) is 103 cm³/mol. The lowest BCUT2D eigenvalue weighted by atomic mass is 10.2. The van der Waals surface area contributed by atoms with Crippen LogP contribution in [-0.2, 0) is 4.74 Å². The number of hydrogen-bond acceptors (Lipinski definition) is 6. The second-order valence-electron chi connectivity index (χ2n) is 5.52. The predicted octanol–water partition coefficient (Wildman–Crippen LogP) is 2.19. The smallest absolute Gasteiger partial charge is 0.273 e. The highest BCUT2D eigenvalue weighted by atomic mass is 16.5. The molecule has 0 aliphatic carbocycles. The average molecular weight is 388 g/mol. The molecule has 0 bridgehead atoms. The van der Waals surface area contributed by atoms with Gasteiger partial charge in [0.1, 0.15) is 12.4 Å². The normalized spacial score (nSPS) is 10.1. The third-order valence-corrected chi connectivity index (χ3v) is 3.76. The molecule has 28 heavy (non-hydrogen) atoms. The third-order valence-electron chi connectivity index (χ3n) is 3.76. The van der Waals surface area contributed by atoms with Crippen LogP contribution in [0.5, 0.6) is 17.2 Å². The maximum Gasteiger partial charge on any atom is 0.273 e. The highest BCUT2D eigenvalue weighted by Crippen LogP contribution is 2.27. The van der Waals surface area contributed by atoms with Crippen molar-refractivity contribution < 1.29 is 28.5 Å². The van der Waals surface area contributed by atoms with Gasteiger partial charge >= 0.3 is 0 Å². The molecule has 2 rings (SSSR count). The van der Waals surface area contributed by atoms with Gasteiger partial charge in [0.05, 0.1) is 26.4 Å². The molecule has 0 fully saturated rings. The molecule has 2 amide bonds. The van der Waals surface area contributed by atoms with Gasteiger partial charge in [-0.25, -0.2) is 0 Å². The van der Waals surface area contributed by atoms with Crippen molar-refractivity contribution in [3.8, 4) is 17.2 Å². The molecule has 150 valence electrons. The van der Waals surface area contributed by atoms with Gasteiger partial charge < -0.3 is 18.9 Å². The second-order valence-corrected chi connectivity index (χ2v) is 5.52. The molecule has 0 aliphatic heterocycles. The summed E-state index contributed by atoms with van der Waals surface area (Å²) in [4.78, 5) is 24.7. The maximum atomic E-state index is 12.4. The summed E-state index contributed by atoms with van der Waals surface area (Å²) in [6.45, 7) is 3.22. The quantitative estimate of drug-likeness (QED) is 0.505. The van der Waals surface area contributed by atoms with Crippen LogP contribution < -0.4 is 25.1 Å². The molecule has 0 atom stereocenters. The number of rotatable bonds is 9. The SMILES string of the molecule is CCOCCOc1ccccc1C(=O)NNC(=O)c1ccc(OC)c(OC)c1. The van der Waals surface area contributed by atoms with E-state index < -0.39 is 11.8 Å². The van der Waals surface area contributed by atoms with E-state index in [4.69, 9.17) is 18.9 Å². The molecule has 2 N–H and O–H groups in total. The fraction of sp³-hybridized carbons (Fsp3) is 0.300. The minimum atomic E-state index is -0.499. The van der Waals surface area contributed by atoms with Crippen molar-refractivity contribution in [3.63, 3.8) is 0 Å². The Morgan fingerprint density at radius 1 is 0.857 bits per heavy atom. The Kier molecular flexibility index (Phi) is 8.11. The van der Waals surface area contributed by atoms with Crippen LogP contribution in [0.1, 0.15) is 27.6 Å². The van der Waals surface area contributed by atoms with E-state index in [0.717, 1.165) is 0 Å². The summed E-state index contributed by atoms with van der Waals surface area (Å²) in [7, 11) is 2.98. The molecule has 2 aromatic rings. The summed E-state index contributed by atoms with van der Waals surface area (Å²) in [5.41, 5.74) is 5.36. The van der Waals surface area contributed by atoms with Crippen molar-refractivity contribution in [2.75, 3.05) is 34.0 Å². The molecule has 0 unspecified atom stereocenters. The van der Waals surface area contributed by atoms with E-state index in [0.29, 0.717) is 48.2 Å². The summed E-state index contributed by atoms with van der Waals surface area (Å²) in [6, 6.07) is 11.4. The number of amides is 2. The number of methoxy groups -OCH3 is 2. The molecular formula is C20H24N2O6. The van der Waals surface area contributed by atoms with Gasteiger partial charge in [0.2, 0.25) is 0 Å². The van der Waals surface area contributed by atoms with Gasteiger partial charge in [-0.05, 0) is 37.3 Å². The number of nitrogens with one attached hydrogen (secondary N) is 2. The summed E-state index contributed by atoms with van der Waals surface area (Å²) < 4.78 is 21.1. The first-order valence-corrected chi connectivity index (χ1v) is 8.73. The summed E-state index contributed by atoms with van der Waals surface area (Å²) in [5, 5.41) is 0. The first-order valence-electron chi connectivity index (χ1n) is 8.73. The Balaban J connectivity index is 1.99. The number of ether oxygens (including phenoxy) is 4. The van der Waals surface area contributed by atoms with Crippen molar-refractivity contribution in [3.05, 3.63) is 53.6 Å². The number of para-hydroxylation sites is 1. The lowest BCUT2D eigenvalue weighted by Crippen LogP contribution is -2.41. The molecule has 2 aromatic carbocycles. The van der Waals surface area contributed by atoms with Gasteiger partial charge in [0.15, 0.2) is 11.5 Å². The largest absolute Gasteiger partial charge is 0.493 e. The van der Waals surface area contributed by atoms with E-state index in [-0.39, 0.29) is 0 Å². The van der Waals surface area contributed by atoms with E-state index >= 15 is 0 Å². The summed E-state index contributed by atoms with van der Waals surface area (Å²) >= 11 is 0. The van der Waals surface area contributed by atoms with E-state index in [1.165, 1.54) is 20.3 Å². The van der Waals surface area contributed by atoms with E-state index in [1.807, 2.05) is 6.92 Å². The van der Waals surface area contributed by atoms with E-state index in [1.54, 1.807) is 36.4 Å². The molecule has 0 saturated heterocycles. The van der Waals surface area contributed by atoms with Gasteiger partial charge in [-0.15, -0.1) is 0 Å². The van der Waals surface area contributed by atoms with Crippen LogP contribution in [0.2, 0.25) is 0 Å². The standard InChI is InChI=1S/C20H24N2O6/c1-4-27-11-12-28-16-8-6-5-7-15(16)20(24)22-21-19(23)14-9-10-17(25-2)18(13-14)26-3/h5-10,13H,4,11-12H2,1-3H3,(H,21,23)(H,22,24). The van der Waals surface area contributed by atoms with Crippen molar-refractivity contribution >= 4 is 11.8 Å². The van der Waals surface area contributed by atoms with Gasteiger partial charge in [-0.3, -0.25) is 20.4 Å². The molecule has 0 saturated carbocycles. The van der Waals surface area contributed by atoms with Gasteiger partial charge in [-0.1, -0.05) is 12.1 Å². The first kappa shape index (κ1) is 21.0. The number of hydrogen-bond donors (Lipinski definition) is 2. The Morgan fingerprint density at radius 3 is 2.29 bits per heavy atom. The van der Waals surface area contributed by atoms with Gasteiger partial charge in [0, 0.05) is 12.2 Å². The zero-order valence-corrected chi connectivity index (χ0v) is 16.1. The molecule has 8 nitrogen and oxygen atoms in total. The van der Waals surface area contributed by atoms with Crippen LogP contribution in [0.15, 0.2) is 42.5 Å². The minimum Gasteiger partial charge on any atom is -0.493 e. The van der Waals surface area contributed by atoms with Crippen LogP contribution in [-0.4, -0.2) is 45.9 Å². The maximum absolute atomic E-state index is 12.4. The van der Waals surface area contributed by atoms with Gasteiger partial charge in [-0.2, -0.15) is 0 Å². The van der Waals surface area contributed by atoms with Crippen LogP contribution in [0.3, 0.4) is 0 Å². The van der Waals surface area contributed by atoms with E-state index in [9.17, 15) is 9.59 Å². The number of benzene rings is 2. The van der Waals surface area contributed by atoms with Gasteiger partial charge in [0.25, 0.3) is 11.8 Å². The first-order chi connectivity index (χ1) is 13.6. The Labute approximate surface area is 163 Å². The highest BCUT2D eigenvalue weighted by Gasteiger charge is 2.15. The Morgan fingerprint density at radius 2 is 1.57 bits per heavy atom. The lowest BCUT2D eigenvalue weighted by molar-refractivity contribution is 0.0840. The number of hydrazine groups is 1. The number of carbonyl (C=O) groups is 2. The van der Waals surface area contributed by atoms with Crippen molar-refractivity contribution in [2.24, 2.45) is 0 Å².